The van der Waals surface area contributed by atoms with Gasteiger partial charge in [-0.2, -0.15) is 0 Å². The van der Waals surface area contributed by atoms with Gasteiger partial charge in [-0.3, -0.25) is 0 Å². The molecular formula is C15H29NO2. The zero-order valence-electron chi connectivity index (χ0n) is 11.8. The lowest BCUT2D eigenvalue weighted by Crippen LogP contribution is -2.53. The predicted octanol–water partition coefficient (Wildman–Crippen LogP) is 2.87. The SMILES string of the molecule is CCOC1(C(N)CCC2CCCC2)CCOCC1. The van der Waals surface area contributed by atoms with Crippen LogP contribution < -0.4 is 5.73 Å². The number of ether oxygens (including phenoxy) is 2. The van der Waals surface area contributed by atoms with Crippen molar-refractivity contribution in [2.24, 2.45) is 11.7 Å². The van der Waals surface area contributed by atoms with Crippen LogP contribution in [0.15, 0.2) is 0 Å². The quantitative estimate of drug-likeness (QED) is 0.793. The van der Waals surface area contributed by atoms with Crippen molar-refractivity contribution < 1.29 is 9.47 Å². The molecule has 1 unspecified atom stereocenters. The van der Waals surface area contributed by atoms with E-state index in [9.17, 15) is 0 Å². The van der Waals surface area contributed by atoms with Crippen LogP contribution >= 0.6 is 0 Å². The standard InChI is InChI=1S/C15H29NO2/c1-2-18-15(9-11-17-12-10-15)14(16)8-7-13-5-3-4-6-13/h13-14H,2-12,16H2,1H3. The summed E-state index contributed by atoms with van der Waals surface area (Å²) in [4.78, 5) is 0. The Hall–Kier alpha value is -0.120. The summed E-state index contributed by atoms with van der Waals surface area (Å²) in [6.07, 6.45) is 10.0. The number of hydrogen-bond donors (Lipinski definition) is 1. The molecule has 0 bridgehead atoms. The summed E-state index contributed by atoms with van der Waals surface area (Å²) < 4.78 is 11.5. The Morgan fingerprint density at radius 1 is 1.28 bits per heavy atom. The maximum Gasteiger partial charge on any atom is 0.0876 e. The normalized spacial score (nSPS) is 26.3. The van der Waals surface area contributed by atoms with E-state index in [0.29, 0.717) is 0 Å². The molecule has 0 spiro atoms. The van der Waals surface area contributed by atoms with E-state index in [1.54, 1.807) is 0 Å². The molecule has 0 aromatic rings. The molecule has 3 nitrogen and oxygen atoms in total. The van der Waals surface area contributed by atoms with Gasteiger partial charge in [-0.25, -0.2) is 0 Å². The molecule has 3 heteroatoms. The Bertz CT molecular complexity index is 227. The third-order valence-corrected chi connectivity index (χ3v) is 4.81. The lowest BCUT2D eigenvalue weighted by Gasteiger charge is -2.41. The van der Waals surface area contributed by atoms with Gasteiger partial charge in [-0.05, 0) is 25.7 Å². The molecule has 1 heterocycles. The summed E-state index contributed by atoms with van der Waals surface area (Å²) in [6, 6.07) is 0.182. The fraction of sp³-hybridized carbons (Fsp3) is 1.00. The van der Waals surface area contributed by atoms with Gasteiger partial charge < -0.3 is 15.2 Å². The summed E-state index contributed by atoms with van der Waals surface area (Å²) in [5, 5.41) is 0. The number of hydrogen-bond acceptors (Lipinski definition) is 3. The first-order valence-corrected chi connectivity index (χ1v) is 7.74. The molecule has 2 aliphatic rings. The summed E-state index contributed by atoms with van der Waals surface area (Å²) in [7, 11) is 0. The molecule has 1 saturated heterocycles. The van der Waals surface area contributed by atoms with Crippen LogP contribution in [0, 0.1) is 5.92 Å². The Morgan fingerprint density at radius 2 is 1.94 bits per heavy atom. The highest BCUT2D eigenvalue weighted by Gasteiger charge is 2.39. The van der Waals surface area contributed by atoms with Gasteiger partial charge in [0.1, 0.15) is 0 Å². The molecular weight excluding hydrogens is 226 g/mol. The van der Waals surface area contributed by atoms with E-state index in [1.165, 1.54) is 32.1 Å². The van der Waals surface area contributed by atoms with Crippen molar-refractivity contribution in [3.63, 3.8) is 0 Å². The van der Waals surface area contributed by atoms with Gasteiger partial charge in [0.05, 0.1) is 5.60 Å². The second-order valence-corrected chi connectivity index (χ2v) is 5.94. The monoisotopic (exact) mass is 255 g/mol. The molecule has 2 N–H and O–H groups in total. The fourth-order valence-corrected chi connectivity index (χ4v) is 3.60. The topological polar surface area (TPSA) is 44.5 Å². The van der Waals surface area contributed by atoms with Crippen LogP contribution in [0.2, 0.25) is 0 Å². The van der Waals surface area contributed by atoms with E-state index in [4.69, 9.17) is 15.2 Å². The maximum absolute atomic E-state index is 6.47. The van der Waals surface area contributed by atoms with Crippen molar-refractivity contribution in [1.82, 2.24) is 0 Å². The van der Waals surface area contributed by atoms with Crippen LogP contribution in [0.1, 0.15) is 58.3 Å². The van der Waals surface area contributed by atoms with Crippen molar-refractivity contribution >= 4 is 0 Å². The van der Waals surface area contributed by atoms with E-state index >= 15 is 0 Å². The number of rotatable bonds is 6. The van der Waals surface area contributed by atoms with Crippen molar-refractivity contribution in [3.8, 4) is 0 Å². The Morgan fingerprint density at radius 3 is 2.56 bits per heavy atom. The Labute approximate surface area is 111 Å². The van der Waals surface area contributed by atoms with Gasteiger partial charge >= 0.3 is 0 Å². The zero-order valence-corrected chi connectivity index (χ0v) is 11.8. The van der Waals surface area contributed by atoms with Crippen LogP contribution in [0.25, 0.3) is 0 Å². The van der Waals surface area contributed by atoms with Gasteiger partial charge in [-0.1, -0.05) is 25.7 Å². The Kier molecular flexibility index (Phi) is 5.46. The molecule has 0 amide bonds. The largest absolute Gasteiger partial charge is 0.381 e. The average Bonchev–Trinajstić information content (AvgIpc) is 2.90. The van der Waals surface area contributed by atoms with Gasteiger partial charge in [0, 0.05) is 38.7 Å². The fourth-order valence-electron chi connectivity index (χ4n) is 3.60. The zero-order chi connectivity index (χ0) is 12.8. The molecule has 0 aromatic carbocycles. The molecule has 2 rings (SSSR count). The van der Waals surface area contributed by atoms with Crippen LogP contribution in [0.3, 0.4) is 0 Å². The van der Waals surface area contributed by atoms with Crippen molar-refractivity contribution in [2.45, 2.75) is 69.9 Å². The molecule has 106 valence electrons. The third-order valence-electron chi connectivity index (χ3n) is 4.81. The van der Waals surface area contributed by atoms with Crippen molar-refractivity contribution in [1.29, 1.82) is 0 Å². The highest BCUT2D eigenvalue weighted by Crippen LogP contribution is 2.33. The minimum atomic E-state index is -0.106. The summed E-state index contributed by atoms with van der Waals surface area (Å²) in [5.41, 5.74) is 6.36. The van der Waals surface area contributed by atoms with Crippen molar-refractivity contribution in [2.75, 3.05) is 19.8 Å². The van der Waals surface area contributed by atoms with Gasteiger partial charge in [0.15, 0.2) is 0 Å². The van der Waals surface area contributed by atoms with Crippen LogP contribution in [-0.2, 0) is 9.47 Å². The van der Waals surface area contributed by atoms with E-state index in [0.717, 1.165) is 45.0 Å². The molecule has 1 atom stereocenters. The van der Waals surface area contributed by atoms with E-state index in [-0.39, 0.29) is 11.6 Å². The van der Waals surface area contributed by atoms with Crippen LogP contribution in [0.5, 0.6) is 0 Å². The minimum Gasteiger partial charge on any atom is -0.381 e. The molecule has 1 aliphatic heterocycles. The third kappa shape index (κ3) is 3.46. The molecule has 2 fully saturated rings. The lowest BCUT2D eigenvalue weighted by molar-refractivity contribution is -0.122. The molecule has 1 aliphatic carbocycles. The first-order valence-electron chi connectivity index (χ1n) is 7.74. The highest BCUT2D eigenvalue weighted by atomic mass is 16.5. The molecule has 0 radical (unpaired) electrons. The summed E-state index contributed by atoms with van der Waals surface area (Å²) in [6.45, 7) is 4.44. The highest BCUT2D eigenvalue weighted by molar-refractivity contribution is 4.93. The summed E-state index contributed by atoms with van der Waals surface area (Å²) in [5.74, 6) is 0.926. The predicted molar refractivity (Wildman–Crippen MR) is 73.6 cm³/mol. The maximum atomic E-state index is 6.47. The average molecular weight is 255 g/mol. The minimum absolute atomic E-state index is 0.106. The van der Waals surface area contributed by atoms with Crippen LogP contribution in [-0.4, -0.2) is 31.5 Å². The lowest BCUT2D eigenvalue weighted by atomic mass is 9.82. The first-order chi connectivity index (χ1) is 8.77. The van der Waals surface area contributed by atoms with Gasteiger partial charge in [-0.15, -0.1) is 0 Å². The molecule has 18 heavy (non-hydrogen) atoms. The van der Waals surface area contributed by atoms with Gasteiger partial charge in [0.2, 0.25) is 0 Å². The van der Waals surface area contributed by atoms with Gasteiger partial charge in [0.25, 0.3) is 0 Å². The second kappa shape index (κ2) is 6.88. The van der Waals surface area contributed by atoms with Crippen LogP contribution in [0.4, 0.5) is 0 Å². The second-order valence-electron chi connectivity index (χ2n) is 5.94. The van der Waals surface area contributed by atoms with E-state index in [1.807, 2.05) is 0 Å². The Balaban J connectivity index is 1.84. The number of nitrogens with two attached hydrogens (primary N) is 1. The smallest absolute Gasteiger partial charge is 0.0876 e. The summed E-state index contributed by atoms with van der Waals surface area (Å²) >= 11 is 0. The first kappa shape index (κ1) is 14.3. The van der Waals surface area contributed by atoms with E-state index in [2.05, 4.69) is 6.92 Å². The van der Waals surface area contributed by atoms with E-state index < -0.39 is 0 Å². The molecule has 1 saturated carbocycles. The molecule has 0 aromatic heterocycles. The van der Waals surface area contributed by atoms with Crippen molar-refractivity contribution in [3.05, 3.63) is 0 Å².